The van der Waals surface area contributed by atoms with E-state index in [-0.39, 0.29) is 5.92 Å². The number of aliphatic carboxylic acids is 1. The number of carbonyl (C=O) groups is 1. The lowest BCUT2D eigenvalue weighted by molar-refractivity contribution is -0.145. The lowest BCUT2D eigenvalue weighted by Crippen LogP contribution is -2.53. The number of rotatable bonds is 3. The first-order valence-corrected chi connectivity index (χ1v) is 5.73. The molecule has 0 radical (unpaired) electrons. The zero-order valence-electron chi connectivity index (χ0n) is 10.1. The van der Waals surface area contributed by atoms with E-state index in [1.807, 2.05) is 24.3 Å². The fourth-order valence-corrected chi connectivity index (χ4v) is 2.37. The quantitative estimate of drug-likeness (QED) is 0.835. The standard InChI is InChI=1S/C13H17NO3/c1-13(14-2,12(15)16)10-7-8-17-11-6-4-3-5-9(10)11/h3-6,10,14H,7-8H2,1-2H3,(H,15,16). The maximum atomic E-state index is 11.5. The average molecular weight is 235 g/mol. The second-order valence-corrected chi connectivity index (χ2v) is 4.49. The third-order valence-corrected chi connectivity index (χ3v) is 3.62. The Hall–Kier alpha value is -1.55. The summed E-state index contributed by atoms with van der Waals surface area (Å²) >= 11 is 0. The van der Waals surface area contributed by atoms with Gasteiger partial charge in [0.25, 0.3) is 0 Å². The molecule has 0 amide bonds. The topological polar surface area (TPSA) is 58.6 Å². The molecule has 92 valence electrons. The van der Waals surface area contributed by atoms with Crippen molar-refractivity contribution in [1.29, 1.82) is 0 Å². The number of nitrogens with one attached hydrogen (secondary N) is 1. The van der Waals surface area contributed by atoms with E-state index in [0.29, 0.717) is 13.0 Å². The predicted molar refractivity (Wildman–Crippen MR) is 64.4 cm³/mol. The zero-order chi connectivity index (χ0) is 12.5. The van der Waals surface area contributed by atoms with E-state index in [2.05, 4.69) is 5.32 Å². The summed E-state index contributed by atoms with van der Waals surface area (Å²) in [6, 6.07) is 7.65. The maximum Gasteiger partial charge on any atom is 0.324 e. The van der Waals surface area contributed by atoms with Crippen LogP contribution in [0.3, 0.4) is 0 Å². The lowest BCUT2D eigenvalue weighted by Gasteiger charge is -2.37. The molecule has 0 saturated carbocycles. The Morgan fingerprint density at radius 1 is 1.53 bits per heavy atom. The number of hydrogen-bond donors (Lipinski definition) is 2. The number of likely N-dealkylation sites (N-methyl/N-ethyl adjacent to an activating group) is 1. The SMILES string of the molecule is CNC(C)(C(=O)O)C1CCOc2ccccc21. The van der Waals surface area contributed by atoms with Crippen molar-refractivity contribution >= 4 is 5.97 Å². The summed E-state index contributed by atoms with van der Waals surface area (Å²) in [6.07, 6.45) is 0.709. The average Bonchev–Trinajstić information content (AvgIpc) is 2.37. The van der Waals surface area contributed by atoms with E-state index in [9.17, 15) is 9.90 Å². The molecule has 2 atom stereocenters. The largest absolute Gasteiger partial charge is 0.493 e. The first kappa shape index (κ1) is 11.9. The molecular formula is C13H17NO3. The Labute approximate surface area is 101 Å². The van der Waals surface area contributed by atoms with E-state index in [0.717, 1.165) is 11.3 Å². The number of carboxylic acids is 1. The molecule has 0 bridgehead atoms. The number of benzene rings is 1. The van der Waals surface area contributed by atoms with Crippen molar-refractivity contribution in [2.45, 2.75) is 24.8 Å². The van der Waals surface area contributed by atoms with E-state index in [1.165, 1.54) is 0 Å². The predicted octanol–water partition coefficient (Wildman–Crippen LogP) is 1.62. The van der Waals surface area contributed by atoms with Crippen LogP contribution in [0.25, 0.3) is 0 Å². The van der Waals surface area contributed by atoms with Crippen molar-refractivity contribution in [2.24, 2.45) is 0 Å². The summed E-state index contributed by atoms with van der Waals surface area (Å²) in [5.74, 6) is -0.108. The van der Waals surface area contributed by atoms with Crippen LogP contribution in [-0.4, -0.2) is 30.3 Å². The van der Waals surface area contributed by atoms with Gasteiger partial charge in [0.05, 0.1) is 6.61 Å². The van der Waals surface area contributed by atoms with E-state index in [1.54, 1.807) is 14.0 Å². The van der Waals surface area contributed by atoms with Gasteiger partial charge in [-0.3, -0.25) is 4.79 Å². The van der Waals surface area contributed by atoms with Gasteiger partial charge >= 0.3 is 5.97 Å². The lowest BCUT2D eigenvalue weighted by atomic mass is 9.77. The molecule has 2 unspecified atom stereocenters. The minimum Gasteiger partial charge on any atom is -0.493 e. The van der Waals surface area contributed by atoms with Crippen molar-refractivity contribution in [2.75, 3.05) is 13.7 Å². The van der Waals surface area contributed by atoms with Crippen LogP contribution < -0.4 is 10.1 Å². The van der Waals surface area contributed by atoms with Crippen LogP contribution in [0.5, 0.6) is 5.75 Å². The molecule has 1 aliphatic heterocycles. The monoisotopic (exact) mass is 235 g/mol. The third-order valence-electron chi connectivity index (χ3n) is 3.62. The number of ether oxygens (including phenoxy) is 1. The summed E-state index contributed by atoms with van der Waals surface area (Å²) < 4.78 is 5.55. The van der Waals surface area contributed by atoms with Crippen LogP contribution in [-0.2, 0) is 4.79 Å². The van der Waals surface area contributed by atoms with Crippen LogP contribution in [0.4, 0.5) is 0 Å². The Morgan fingerprint density at radius 3 is 2.88 bits per heavy atom. The highest BCUT2D eigenvalue weighted by Crippen LogP contribution is 2.40. The minimum absolute atomic E-state index is 0.0741. The Bertz CT molecular complexity index is 432. The molecule has 1 aromatic carbocycles. The molecular weight excluding hydrogens is 218 g/mol. The first-order chi connectivity index (χ1) is 8.09. The molecule has 0 aromatic heterocycles. The van der Waals surface area contributed by atoms with Crippen LogP contribution >= 0.6 is 0 Å². The summed E-state index contributed by atoms with van der Waals surface area (Å²) in [6.45, 7) is 2.29. The molecule has 1 heterocycles. The highest BCUT2D eigenvalue weighted by atomic mass is 16.5. The third kappa shape index (κ3) is 1.89. The summed E-state index contributed by atoms with van der Waals surface area (Å²) in [5.41, 5.74) is 0.0119. The van der Waals surface area contributed by atoms with Crippen molar-refractivity contribution < 1.29 is 14.6 Å². The van der Waals surface area contributed by atoms with Gasteiger partial charge in [-0.25, -0.2) is 0 Å². The smallest absolute Gasteiger partial charge is 0.324 e. The van der Waals surface area contributed by atoms with Gasteiger partial charge in [-0.1, -0.05) is 18.2 Å². The van der Waals surface area contributed by atoms with Crippen molar-refractivity contribution in [3.8, 4) is 5.75 Å². The van der Waals surface area contributed by atoms with E-state index >= 15 is 0 Å². The summed E-state index contributed by atoms with van der Waals surface area (Å²) in [4.78, 5) is 11.5. The maximum absolute atomic E-state index is 11.5. The van der Waals surface area contributed by atoms with Crippen LogP contribution in [0.1, 0.15) is 24.8 Å². The first-order valence-electron chi connectivity index (χ1n) is 5.73. The van der Waals surface area contributed by atoms with E-state index in [4.69, 9.17) is 4.74 Å². The minimum atomic E-state index is -0.958. The van der Waals surface area contributed by atoms with Gasteiger partial charge in [-0.15, -0.1) is 0 Å². The molecule has 0 fully saturated rings. The normalized spacial score (nSPS) is 22.1. The van der Waals surface area contributed by atoms with E-state index < -0.39 is 11.5 Å². The van der Waals surface area contributed by atoms with Gasteiger partial charge in [0, 0.05) is 5.92 Å². The second kappa shape index (κ2) is 4.37. The van der Waals surface area contributed by atoms with Gasteiger partial charge in [0.1, 0.15) is 11.3 Å². The molecule has 2 rings (SSSR count). The molecule has 4 nitrogen and oxygen atoms in total. The van der Waals surface area contributed by atoms with Crippen molar-refractivity contribution in [1.82, 2.24) is 5.32 Å². The number of fused-ring (bicyclic) bond motifs is 1. The van der Waals surface area contributed by atoms with Gasteiger partial charge in [-0.05, 0) is 32.0 Å². The van der Waals surface area contributed by atoms with Crippen LogP contribution in [0.15, 0.2) is 24.3 Å². The molecule has 1 aromatic rings. The van der Waals surface area contributed by atoms with Gasteiger partial charge in [0.2, 0.25) is 0 Å². The Balaban J connectivity index is 2.44. The molecule has 0 saturated heterocycles. The van der Waals surface area contributed by atoms with Gasteiger partial charge in [0.15, 0.2) is 0 Å². The number of para-hydroxylation sites is 1. The Morgan fingerprint density at radius 2 is 2.24 bits per heavy atom. The molecule has 4 heteroatoms. The highest BCUT2D eigenvalue weighted by molar-refractivity contribution is 5.80. The fraction of sp³-hybridized carbons (Fsp3) is 0.462. The van der Waals surface area contributed by atoms with Crippen molar-refractivity contribution in [3.63, 3.8) is 0 Å². The molecule has 17 heavy (non-hydrogen) atoms. The summed E-state index contributed by atoms with van der Waals surface area (Å²) in [7, 11) is 1.69. The van der Waals surface area contributed by atoms with Crippen molar-refractivity contribution in [3.05, 3.63) is 29.8 Å². The Kier molecular flexibility index (Phi) is 3.07. The van der Waals surface area contributed by atoms with Gasteiger partial charge in [-0.2, -0.15) is 0 Å². The molecule has 0 aliphatic carbocycles. The molecule has 0 spiro atoms. The van der Waals surface area contributed by atoms with Crippen LogP contribution in [0, 0.1) is 0 Å². The van der Waals surface area contributed by atoms with Crippen LogP contribution in [0.2, 0.25) is 0 Å². The molecule has 2 N–H and O–H groups in total. The van der Waals surface area contributed by atoms with Gasteiger partial charge < -0.3 is 15.2 Å². The fourth-order valence-electron chi connectivity index (χ4n) is 2.37. The zero-order valence-corrected chi connectivity index (χ0v) is 10.1. The summed E-state index contributed by atoms with van der Waals surface area (Å²) in [5, 5.41) is 12.3. The second-order valence-electron chi connectivity index (χ2n) is 4.49. The number of carboxylic acid groups (broad SMARTS) is 1. The number of hydrogen-bond acceptors (Lipinski definition) is 3. The molecule has 1 aliphatic rings. The highest BCUT2D eigenvalue weighted by Gasteiger charge is 2.43.